The summed E-state index contributed by atoms with van der Waals surface area (Å²) in [6.45, 7) is 2.00. The molecular formula is C14H16FNO4S. The zero-order valence-electron chi connectivity index (χ0n) is 11.5. The summed E-state index contributed by atoms with van der Waals surface area (Å²) in [5, 5.41) is 8.54. The van der Waals surface area contributed by atoms with Crippen molar-refractivity contribution >= 4 is 27.6 Å². The van der Waals surface area contributed by atoms with Crippen LogP contribution in [-0.4, -0.2) is 43.6 Å². The van der Waals surface area contributed by atoms with Crippen LogP contribution in [-0.2, 0) is 14.6 Å². The summed E-state index contributed by atoms with van der Waals surface area (Å²) in [5.74, 6) is -1.58. The van der Waals surface area contributed by atoms with Crippen molar-refractivity contribution in [3.8, 4) is 0 Å². The highest BCUT2D eigenvalue weighted by Gasteiger charge is 2.29. The maximum Gasteiger partial charge on any atom is 0.328 e. The second-order valence-electron chi connectivity index (χ2n) is 5.04. The number of aliphatic carboxylic acids is 1. The molecule has 0 saturated carbocycles. The highest BCUT2D eigenvalue weighted by atomic mass is 32.2. The van der Waals surface area contributed by atoms with Crippen molar-refractivity contribution < 1.29 is 22.7 Å². The molecular weight excluding hydrogens is 297 g/mol. The molecule has 1 aromatic carbocycles. The minimum absolute atomic E-state index is 0.00705. The van der Waals surface area contributed by atoms with Gasteiger partial charge in [0, 0.05) is 18.7 Å². The average Bonchev–Trinajstić information content (AvgIpc) is 2.36. The van der Waals surface area contributed by atoms with Crippen molar-refractivity contribution in [1.29, 1.82) is 0 Å². The Labute approximate surface area is 122 Å². The Hall–Kier alpha value is -1.89. The van der Waals surface area contributed by atoms with E-state index in [2.05, 4.69) is 0 Å². The normalized spacial score (nSPS) is 21.6. The van der Waals surface area contributed by atoms with E-state index in [1.54, 1.807) is 24.0 Å². The van der Waals surface area contributed by atoms with Crippen molar-refractivity contribution in [3.63, 3.8) is 0 Å². The lowest BCUT2D eigenvalue weighted by Gasteiger charge is -2.35. The third kappa shape index (κ3) is 3.81. The number of anilines is 1. The Morgan fingerprint density at radius 1 is 1.48 bits per heavy atom. The maximum atomic E-state index is 14.2. The molecule has 1 atom stereocenters. The molecule has 0 spiro atoms. The predicted octanol–water partition coefficient (Wildman–Crippen LogP) is 1.55. The summed E-state index contributed by atoms with van der Waals surface area (Å²) in [6, 6.07) is 4.10. The van der Waals surface area contributed by atoms with Crippen molar-refractivity contribution in [2.24, 2.45) is 0 Å². The maximum absolute atomic E-state index is 14.2. The van der Waals surface area contributed by atoms with Gasteiger partial charge < -0.3 is 10.0 Å². The van der Waals surface area contributed by atoms with Crippen molar-refractivity contribution in [2.45, 2.75) is 13.0 Å². The van der Waals surface area contributed by atoms with E-state index in [1.165, 1.54) is 12.1 Å². The standard InChI is InChI=1S/C14H16FNO4S/c1-10-9-21(19,20)7-6-16(10)13-4-2-11(8-12(13)15)3-5-14(17)18/h2-5,8,10H,6-7,9H2,1H3,(H,17,18)/b5-3+. The van der Waals surface area contributed by atoms with Gasteiger partial charge in [0.05, 0.1) is 17.2 Å². The van der Waals surface area contributed by atoms with Crippen LogP contribution in [0.3, 0.4) is 0 Å². The van der Waals surface area contributed by atoms with E-state index in [4.69, 9.17) is 5.11 Å². The highest BCUT2D eigenvalue weighted by Crippen LogP contribution is 2.25. The van der Waals surface area contributed by atoms with Gasteiger partial charge >= 0.3 is 5.97 Å². The summed E-state index contributed by atoms with van der Waals surface area (Å²) >= 11 is 0. The smallest absolute Gasteiger partial charge is 0.328 e. The van der Waals surface area contributed by atoms with Gasteiger partial charge in [-0.2, -0.15) is 0 Å². The fourth-order valence-corrected chi connectivity index (χ4v) is 3.94. The lowest BCUT2D eigenvalue weighted by molar-refractivity contribution is -0.131. The molecule has 1 aromatic rings. The van der Waals surface area contributed by atoms with E-state index in [0.29, 0.717) is 11.3 Å². The molecule has 2 rings (SSSR count). The first-order valence-corrected chi connectivity index (χ1v) is 8.28. The van der Waals surface area contributed by atoms with E-state index in [0.717, 1.165) is 6.08 Å². The molecule has 1 heterocycles. The fraction of sp³-hybridized carbons (Fsp3) is 0.357. The molecule has 1 aliphatic rings. The van der Waals surface area contributed by atoms with Crippen LogP contribution in [0.4, 0.5) is 10.1 Å². The van der Waals surface area contributed by atoms with E-state index >= 15 is 0 Å². The van der Waals surface area contributed by atoms with E-state index in [1.807, 2.05) is 0 Å². The molecule has 0 aromatic heterocycles. The molecule has 1 aliphatic heterocycles. The van der Waals surface area contributed by atoms with Gasteiger partial charge in [0.25, 0.3) is 0 Å². The number of hydrogen-bond donors (Lipinski definition) is 1. The van der Waals surface area contributed by atoms with Gasteiger partial charge in [0.15, 0.2) is 9.84 Å². The summed E-state index contributed by atoms with van der Waals surface area (Å²) in [4.78, 5) is 12.2. The summed E-state index contributed by atoms with van der Waals surface area (Å²) in [7, 11) is -3.05. The number of nitrogens with zero attached hydrogens (tertiary/aromatic N) is 1. The largest absolute Gasteiger partial charge is 0.478 e. The minimum Gasteiger partial charge on any atom is -0.478 e. The van der Waals surface area contributed by atoms with E-state index < -0.39 is 21.6 Å². The monoisotopic (exact) mass is 313 g/mol. The SMILES string of the molecule is CC1CS(=O)(=O)CCN1c1ccc(/C=C/C(=O)O)cc1F. The zero-order valence-corrected chi connectivity index (χ0v) is 12.3. The van der Waals surface area contributed by atoms with Crippen LogP contribution in [0.1, 0.15) is 12.5 Å². The van der Waals surface area contributed by atoms with Gasteiger partial charge in [-0.05, 0) is 30.7 Å². The molecule has 5 nitrogen and oxygen atoms in total. The van der Waals surface area contributed by atoms with Gasteiger partial charge in [0.1, 0.15) is 5.82 Å². The van der Waals surface area contributed by atoms with Crippen LogP contribution in [0.5, 0.6) is 0 Å². The predicted molar refractivity (Wildman–Crippen MR) is 78.5 cm³/mol. The first-order chi connectivity index (χ1) is 9.78. The highest BCUT2D eigenvalue weighted by molar-refractivity contribution is 7.91. The van der Waals surface area contributed by atoms with Gasteiger partial charge in [-0.15, -0.1) is 0 Å². The second kappa shape index (κ2) is 5.85. The molecule has 1 unspecified atom stereocenters. The molecule has 0 radical (unpaired) electrons. The number of benzene rings is 1. The van der Waals surface area contributed by atoms with Crippen LogP contribution < -0.4 is 4.90 Å². The number of hydrogen-bond acceptors (Lipinski definition) is 4. The van der Waals surface area contributed by atoms with Crippen molar-refractivity contribution in [2.75, 3.05) is 23.0 Å². The summed E-state index contributed by atoms with van der Waals surface area (Å²) < 4.78 is 37.2. The third-order valence-corrected chi connectivity index (χ3v) is 5.16. The van der Waals surface area contributed by atoms with Gasteiger partial charge in [0.2, 0.25) is 0 Å². The topological polar surface area (TPSA) is 74.7 Å². The first kappa shape index (κ1) is 15.5. The van der Waals surface area contributed by atoms with E-state index in [9.17, 15) is 17.6 Å². The quantitative estimate of drug-likeness (QED) is 0.857. The molecule has 1 saturated heterocycles. The molecule has 1 N–H and O–H groups in total. The Balaban J connectivity index is 2.23. The molecule has 0 aliphatic carbocycles. The Bertz CT molecular complexity index is 684. The third-order valence-electron chi connectivity index (χ3n) is 3.37. The number of carboxylic acids is 1. The Kier molecular flexibility index (Phi) is 4.32. The van der Waals surface area contributed by atoms with Crippen LogP contribution in [0, 0.1) is 5.82 Å². The van der Waals surface area contributed by atoms with E-state index in [-0.39, 0.29) is 24.1 Å². The van der Waals surface area contributed by atoms with Gasteiger partial charge in [-0.25, -0.2) is 17.6 Å². The van der Waals surface area contributed by atoms with Gasteiger partial charge in [-0.3, -0.25) is 0 Å². The Morgan fingerprint density at radius 2 is 2.19 bits per heavy atom. The summed E-state index contributed by atoms with van der Waals surface area (Å²) in [6.07, 6.45) is 2.24. The van der Waals surface area contributed by atoms with Gasteiger partial charge in [-0.1, -0.05) is 6.07 Å². The lowest BCUT2D eigenvalue weighted by atomic mass is 10.1. The average molecular weight is 313 g/mol. The molecule has 21 heavy (non-hydrogen) atoms. The number of carboxylic acid groups (broad SMARTS) is 1. The zero-order chi connectivity index (χ0) is 15.6. The van der Waals surface area contributed by atoms with Crippen LogP contribution in [0.25, 0.3) is 6.08 Å². The second-order valence-corrected chi connectivity index (χ2v) is 7.27. The molecule has 0 bridgehead atoms. The molecule has 0 amide bonds. The number of sulfone groups is 1. The molecule has 1 fully saturated rings. The number of carbonyl (C=O) groups is 1. The van der Waals surface area contributed by atoms with Crippen LogP contribution >= 0.6 is 0 Å². The van der Waals surface area contributed by atoms with Crippen molar-refractivity contribution in [3.05, 3.63) is 35.7 Å². The van der Waals surface area contributed by atoms with Crippen LogP contribution in [0.15, 0.2) is 24.3 Å². The lowest BCUT2D eigenvalue weighted by Crippen LogP contribution is -2.47. The van der Waals surface area contributed by atoms with Crippen molar-refractivity contribution in [1.82, 2.24) is 0 Å². The molecule has 114 valence electrons. The van der Waals surface area contributed by atoms with Crippen LogP contribution in [0.2, 0.25) is 0 Å². The fourth-order valence-electron chi connectivity index (χ4n) is 2.38. The summed E-state index contributed by atoms with van der Waals surface area (Å²) in [5.41, 5.74) is 0.779. The number of rotatable bonds is 3. The first-order valence-electron chi connectivity index (χ1n) is 6.46. The Morgan fingerprint density at radius 3 is 2.76 bits per heavy atom. The molecule has 7 heteroatoms. The number of halogens is 1. The minimum atomic E-state index is -3.05.